The zero-order chi connectivity index (χ0) is 11.4. The molecule has 2 heterocycles. The number of thiophene rings is 1. The van der Waals surface area contributed by atoms with Gasteiger partial charge in [0.05, 0.1) is 0 Å². The van der Waals surface area contributed by atoms with Gasteiger partial charge in [0.15, 0.2) is 11.0 Å². The molecule has 16 heavy (non-hydrogen) atoms. The maximum absolute atomic E-state index is 5.68. The smallest absolute Gasteiger partial charge is 0.151 e. The summed E-state index contributed by atoms with van der Waals surface area (Å²) in [6.45, 7) is 0.927. The zero-order valence-corrected chi connectivity index (χ0v) is 10.5. The second kappa shape index (κ2) is 5.27. The first-order chi connectivity index (χ1) is 7.75. The third-order valence-electron chi connectivity index (χ3n) is 2.28. The molecule has 0 amide bonds. The Bertz CT molecular complexity index is 427. The van der Waals surface area contributed by atoms with Crippen molar-refractivity contribution in [2.75, 3.05) is 18.5 Å². The lowest BCUT2D eigenvalue weighted by molar-refractivity contribution is 0.847. The summed E-state index contributed by atoms with van der Waals surface area (Å²) in [4.78, 5) is 3.46. The van der Waals surface area contributed by atoms with Crippen LogP contribution in [0.4, 0.5) is 5.82 Å². The van der Waals surface area contributed by atoms with Crippen LogP contribution in [0.15, 0.2) is 29.6 Å². The molecule has 0 fully saturated rings. The average Bonchev–Trinajstić information content (AvgIpc) is 2.80. The maximum Gasteiger partial charge on any atom is 0.151 e. The van der Waals surface area contributed by atoms with Crippen LogP contribution in [0.2, 0.25) is 5.15 Å². The molecule has 0 aromatic carbocycles. The van der Waals surface area contributed by atoms with E-state index in [4.69, 9.17) is 11.6 Å². The van der Waals surface area contributed by atoms with Gasteiger partial charge in [0.1, 0.15) is 0 Å². The molecule has 0 atom stereocenters. The van der Waals surface area contributed by atoms with Crippen molar-refractivity contribution in [1.29, 1.82) is 0 Å². The maximum atomic E-state index is 5.68. The Balaban J connectivity index is 1.93. The van der Waals surface area contributed by atoms with Gasteiger partial charge < -0.3 is 4.90 Å². The minimum atomic E-state index is 0.426. The van der Waals surface area contributed by atoms with Gasteiger partial charge in [0, 0.05) is 18.5 Å². The minimum Gasteiger partial charge on any atom is -0.358 e. The summed E-state index contributed by atoms with van der Waals surface area (Å²) in [7, 11) is 2.01. The molecule has 2 rings (SSSR count). The fourth-order valence-electron chi connectivity index (χ4n) is 1.36. The lowest BCUT2D eigenvalue weighted by atomic mass is 10.3. The first-order valence-corrected chi connectivity index (χ1v) is 6.24. The zero-order valence-electron chi connectivity index (χ0n) is 8.93. The van der Waals surface area contributed by atoms with E-state index in [0.717, 1.165) is 18.8 Å². The van der Waals surface area contributed by atoms with Crippen LogP contribution in [0, 0.1) is 0 Å². The Labute approximate surface area is 104 Å². The van der Waals surface area contributed by atoms with Crippen LogP contribution in [0.3, 0.4) is 0 Å². The van der Waals surface area contributed by atoms with E-state index in [1.165, 1.54) is 4.88 Å². The van der Waals surface area contributed by atoms with Crippen LogP contribution in [0.1, 0.15) is 4.88 Å². The van der Waals surface area contributed by atoms with Gasteiger partial charge in [-0.05, 0) is 30.0 Å². The molecule has 0 radical (unpaired) electrons. The second-order valence-electron chi connectivity index (χ2n) is 3.47. The van der Waals surface area contributed by atoms with Gasteiger partial charge in [-0.3, -0.25) is 0 Å². The van der Waals surface area contributed by atoms with Crippen molar-refractivity contribution >= 4 is 28.8 Å². The van der Waals surface area contributed by atoms with Gasteiger partial charge in [-0.2, -0.15) is 0 Å². The third-order valence-corrected chi connectivity index (χ3v) is 3.42. The van der Waals surface area contributed by atoms with Crippen molar-refractivity contribution in [2.24, 2.45) is 0 Å². The van der Waals surface area contributed by atoms with E-state index in [9.17, 15) is 0 Å². The van der Waals surface area contributed by atoms with Crippen molar-refractivity contribution in [2.45, 2.75) is 6.42 Å². The molecule has 5 heteroatoms. The summed E-state index contributed by atoms with van der Waals surface area (Å²) >= 11 is 7.46. The molecule has 0 spiro atoms. The van der Waals surface area contributed by atoms with Crippen molar-refractivity contribution in [3.63, 3.8) is 0 Å². The summed E-state index contributed by atoms with van der Waals surface area (Å²) in [6.07, 6.45) is 1.03. The third kappa shape index (κ3) is 2.93. The molecule has 2 aromatic heterocycles. The van der Waals surface area contributed by atoms with Crippen molar-refractivity contribution in [1.82, 2.24) is 10.2 Å². The van der Waals surface area contributed by atoms with E-state index in [1.54, 1.807) is 17.4 Å². The number of anilines is 1. The molecular formula is C11H12ClN3S. The monoisotopic (exact) mass is 253 g/mol. The summed E-state index contributed by atoms with van der Waals surface area (Å²) in [6, 6.07) is 7.85. The quantitative estimate of drug-likeness (QED) is 0.839. The largest absolute Gasteiger partial charge is 0.358 e. The van der Waals surface area contributed by atoms with E-state index in [2.05, 4.69) is 32.6 Å². The lowest BCUT2D eigenvalue weighted by Gasteiger charge is -2.16. The summed E-state index contributed by atoms with van der Waals surface area (Å²) < 4.78 is 0. The summed E-state index contributed by atoms with van der Waals surface area (Å²) in [5.74, 6) is 0.848. The number of likely N-dealkylation sites (N-methyl/N-ethyl adjacent to an activating group) is 1. The van der Waals surface area contributed by atoms with E-state index >= 15 is 0 Å². The first kappa shape index (κ1) is 11.4. The fourth-order valence-corrected chi connectivity index (χ4v) is 2.16. The molecule has 0 aliphatic carbocycles. The predicted octanol–water partition coefficient (Wildman–Crippen LogP) is 2.87. The highest BCUT2D eigenvalue weighted by atomic mass is 35.5. The Kier molecular flexibility index (Phi) is 3.74. The van der Waals surface area contributed by atoms with Gasteiger partial charge in [-0.15, -0.1) is 21.5 Å². The molecule has 0 aliphatic heterocycles. The molecular weight excluding hydrogens is 242 g/mol. The molecule has 0 saturated heterocycles. The van der Waals surface area contributed by atoms with Crippen LogP contribution in [0.25, 0.3) is 0 Å². The van der Waals surface area contributed by atoms with Crippen molar-refractivity contribution in [3.05, 3.63) is 39.7 Å². The minimum absolute atomic E-state index is 0.426. The Morgan fingerprint density at radius 2 is 2.19 bits per heavy atom. The van der Waals surface area contributed by atoms with Crippen molar-refractivity contribution < 1.29 is 0 Å². The van der Waals surface area contributed by atoms with E-state index in [-0.39, 0.29) is 0 Å². The molecule has 0 aliphatic rings. The van der Waals surface area contributed by atoms with Crippen LogP contribution >= 0.6 is 22.9 Å². The standard InChI is InChI=1S/C11H12ClN3S/c1-15(7-6-9-3-2-8-16-9)11-5-4-10(12)13-14-11/h2-5,8H,6-7H2,1H3. The van der Waals surface area contributed by atoms with Crippen LogP contribution in [0.5, 0.6) is 0 Å². The number of hydrogen-bond donors (Lipinski definition) is 0. The van der Waals surface area contributed by atoms with E-state index in [0.29, 0.717) is 5.15 Å². The molecule has 0 unspecified atom stereocenters. The molecule has 0 saturated carbocycles. The van der Waals surface area contributed by atoms with Gasteiger partial charge in [-0.25, -0.2) is 0 Å². The van der Waals surface area contributed by atoms with E-state index < -0.39 is 0 Å². The van der Waals surface area contributed by atoms with Crippen LogP contribution in [-0.4, -0.2) is 23.8 Å². The van der Waals surface area contributed by atoms with Gasteiger partial charge >= 0.3 is 0 Å². The SMILES string of the molecule is CN(CCc1cccs1)c1ccc(Cl)nn1. The van der Waals surface area contributed by atoms with Gasteiger partial charge in [-0.1, -0.05) is 17.7 Å². The van der Waals surface area contributed by atoms with Crippen LogP contribution in [-0.2, 0) is 6.42 Å². The first-order valence-electron chi connectivity index (χ1n) is 4.98. The predicted molar refractivity (Wildman–Crippen MR) is 68.3 cm³/mol. The molecule has 84 valence electrons. The van der Waals surface area contributed by atoms with Gasteiger partial charge in [0.25, 0.3) is 0 Å². The fraction of sp³-hybridized carbons (Fsp3) is 0.273. The lowest BCUT2D eigenvalue weighted by Crippen LogP contribution is -2.21. The Morgan fingerprint density at radius 1 is 1.31 bits per heavy atom. The van der Waals surface area contributed by atoms with Gasteiger partial charge in [0.2, 0.25) is 0 Å². The number of halogens is 1. The average molecular weight is 254 g/mol. The molecule has 3 nitrogen and oxygen atoms in total. The summed E-state index contributed by atoms with van der Waals surface area (Å²) in [5.41, 5.74) is 0. The van der Waals surface area contributed by atoms with Crippen LogP contribution < -0.4 is 4.90 Å². The second-order valence-corrected chi connectivity index (χ2v) is 4.88. The molecule has 0 bridgehead atoms. The molecule has 0 N–H and O–H groups in total. The number of aromatic nitrogens is 2. The van der Waals surface area contributed by atoms with E-state index in [1.807, 2.05) is 13.1 Å². The number of hydrogen-bond acceptors (Lipinski definition) is 4. The molecule has 2 aromatic rings. The summed E-state index contributed by atoms with van der Waals surface area (Å²) in [5, 5.41) is 10.4. The highest BCUT2D eigenvalue weighted by molar-refractivity contribution is 7.09. The van der Waals surface area contributed by atoms with Crippen molar-refractivity contribution in [3.8, 4) is 0 Å². The topological polar surface area (TPSA) is 29.0 Å². The Hall–Kier alpha value is -1.13. The Morgan fingerprint density at radius 3 is 2.81 bits per heavy atom. The highest BCUT2D eigenvalue weighted by Gasteiger charge is 2.03. The number of rotatable bonds is 4. The highest BCUT2D eigenvalue weighted by Crippen LogP contribution is 2.13. The normalized spacial score (nSPS) is 10.4. The number of nitrogens with zero attached hydrogens (tertiary/aromatic N) is 3.